The van der Waals surface area contributed by atoms with Gasteiger partial charge in [-0.25, -0.2) is 19.3 Å². The topological polar surface area (TPSA) is 180 Å². The maximum absolute atomic E-state index is 10.6. The molecule has 14 aromatic carbocycles. The fourth-order valence-corrected chi connectivity index (χ4v) is 16.8. The van der Waals surface area contributed by atoms with Gasteiger partial charge in [-0.05, 0) is 184 Å². The Bertz CT molecular complexity index is 7020. The average Bonchev–Trinajstić information content (AvgIpc) is 1.59. The first-order chi connectivity index (χ1) is 60.7. The molecule has 0 saturated heterocycles. The third-order valence-corrected chi connectivity index (χ3v) is 22.9. The number of aliphatic hydroxyl groups is 2. The first kappa shape index (κ1) is 89.3. The molecule has 8 bridgehead atoms. The van der Waals surface area contributed by atoms with Gasteiger partial charge in [0.25, 0.3) is 0 Å². The maximum Gasteiger partial charge on any atom is 0.0927 e. The smallest absolute Gasteiger partial charge is 0.0927 e. The standard InChI is InChI=1S/C51H38N2.C32H16N8.C18H15N2.C5H12O2.CH3BFP.Bi.Cu.Ir.2H/c1-51(2)47-19-11-9-17-43(47)44-31-30-42(34-48(44)51)52(40-26-21-36(22-27-40)35-13-5-3-6-14-35)41-28-23-37(24-29-41)38-25-32-50-46(33-38)45-18-10-12-20-49(45)53(50)39-15-7-4-8-16-39;1-2-10-18-17(9-1)25-33-26(18)38-28-21-13-5-6-14-22(21)30(35-28)40-32-24-16-8-7-15-23(24)31(36-32)39-29-20-12-4-3-11-19(20)27(34-29)37-25;1-13-8-6-7-11-16(13)18-14(2)17(19-12-20-18)15-9-4-3-5-10-15;1-4(6)3-5(2)7;2-4-1-3;;;;;/h3-34H,1-2H3;1-16H;3-9,11-12H,1-2H3;4-7H,3H2,1-2H3;4H,1H2;;;;;/q;-2;-1;;;;;;;. The summed E-state index contributed by atoms with van der Waals surface area (Å²) >= 11 is 0. The van der Waals surface area contributed by atoms with Crippen LogP contribution in [0.4, 0.5) is 21.5 Å². The Morgan fingerprint density at radius 2 is 0.819 bits per heavy atom. The van der Waals surface area contributed by atoms with Crippen LogP contribution in [-0.4, -0.2) is 107 Å². The molecular weight excluding hydrogens is 2010 g/mol. The Morgan fingerprint density at radius 1 is 0.417 bits per heavy atom. The van der Waals surface area contributed by atoms with Crippen LogP contribution in [0.3, 0.4) is 0 Å². The van der Waals surface area contributed by atoms with Crippen molar-refractivity contribution in [3.05, 3.63) is 374 Å². The second kappa shape index (κ2) is 39.6. The number of aromatic nitrogens is 11. The van der Waals surface area contributed by atoms with Crippen molar-refractivity contribution in [3.8, 4) is 107 Å². The van der Waals surface area contributed by atoms with E-state index in [9.17, 15) is 4.39 Å². The molecule has 5 radical (unpaired) electrons. The van der Waals surface area contributed by atoms with Gasteiger partial charge in [0.15, 0.2) is 0 Å². The number of para-hydroxylation sites is 2. The monoisotopic (exact) mass is 2100 g/mol. The van der Waals surface area contributed by atoms with Crippen LogP contribution in [-0.2, 0) is 42.6 Å². The molecule has 0 saturated carbocycles. The summed E-state index contributed by atoms with van der Waals surface area (Å²) in [7, 11) is 4.65. The zero-order chi connectivity index (χ0) is 85.0. The number of rotatable bonds is 11. The van der Waals surface area contributed by atoms with E-state index in [0.29, 0.717) is 52.3 Å². The van der Waals surface area contributed by atoms with E-state index in [1.165, 1.54) is 77.6 Å². The van der Waals surface area contributed by atoms with Crippen LogP contribution >= 0.6 is 8.46 Å². The number of hydrogen-bond donors (Lipinski definition) is 2. The first-order valence-electron chi connectivity index (χ1n) is 41.3. The third kappa shape index (κ3) is 18.3. The van der Waals surface area contributed by atoms with Crippen molar-refractivity contribution >= 4 is 125 Å². The Kier molecular flexibility index (Phi) is 27.9. The number of aliphatic hydroxyl groups excluding tert-OH is 2. The molecule has 0 amide bonds. The molecule has 629 valence electrons. The number of aryl methyl sites for hydroxylation is 1. The number of alkyl halides is 1. The summed E-state index contributed by atoms with van der Waals surface area (Å²) < 4.78 is 13.0. The van der Waals surface area contributed by atoms with E-state index in [1.54, 1.807) is 20.2 Å². The number of nitrogens with zero attached hydrogens (tertiary/aromatic N) is 12. The Labute approximate surface area is 783 Å². The van der Waals surface area contributed by atoms with Crippen molar-refractivity contribution < 1.29 is 51.8 Å². The fraction of sp³-hybridized carbons (Fsp3) is 0.103. The van der Waals surface area contributed by atoms with Crippen molar-refractivity contribution in [1.29, 1.82) is 0 Å². The predicted octanol–water partition coefficient (Wildman–Crippen LogP) is 24.1. The minimum atomic E-state index is -0.375. The second-order valence-corrected chi connectivity index (χ2v) is 32.0. The third-order valence-electron chi connectivity index (χ3n) is 22.7. The Morgan fingerprint density at radius 3 is 1.31 bits per heavy atom. The van der Waals surface area contributed by atoms with Gasteiger partial charge in [-0.3, -0.25) is 4.98 Å². The van der Waals surface area contributed by atoms with Gasteiger partial charge in [0.1, 0.15) is 13.9 Å². The molecule has 22 rings (SSSR count). The molecule has 2 N–H and O–H groups in total. The van der Waals surface area contributed by atoms with Crippen LogP contribution in [0.15, 0.2) is 346 Å². The van der Waals surface area contributed by atoms with Gasteiger partial charge < -0.3 is 49.6 Å². The number of halogens is 1. The number of hydrogen-bond acceptors (Lipinski definition) is 11. The predicted molar refractivity (Wildman–Crippen MR) is 516 cm³/mol. The molecule has 0 fully saturated rings. The van der Waals surface area contributed by atoms with Crippen molar-refractivity contribution in [1.82, 2.24) is 54.4 Å². The van der Waals surface area contributed by atoms with Crippen LogP contribution in [0.1, 0.15) is 56.4 Å². The molecule has 7 heterocycles. The van der Waals surface area contributed by atoms with E-state index in [4.69, 9.17) is 50.1 Å². The van der Waals surface area contributed by atoms with Crippen LogP contribution in [0.5, 0.6) is 0 Å². The maximum atomic E-state index is 10.6. The van der Waals surface area contributed by atoms with Crippen molar-refractivity contribution in [2.75, 3.05) is 11.3 Å². The summed E-state index contributed by atoms with van der Waals surface area (Å²) in [6.07, 6.45) is 0.977. The Hall–Kier alpha value is -12.5. The van der Waals surface area contributed by atoms with E-state index in [0.717, 1.165) is 88.9 Å². The van der Waals surface area contributed by atoms with Gasteiger partial charge in [-0.2, -0.15) is 0 Å². The molecule has 3 unspecified atom stereocenters. The van der Waals surface area contributed by atoms with Gasteiger partial charge in [0, 0.05) is 127 Å². The van der Waals surface area contributed by atoms with E-state index in [-0.39, 0.29) is 95.9 Å². The normalized spacial score (nSPS) is 12.2. The fourth-order valence-electron chi connectivity index (χ4n) is 16.8. The summed E-state index contributed by atoms with van der Waals surface area (Å²) in [5, 5.41) is 23.2. The largest absolute Gasteiger partial charge is 0.357 e. The first-order valence-corrected chi connectivity index (χ1v) is 42.6. The van der Waals surface area contributed by atoms with Gasteiger partial charge in [-0.15, -0.1) is 44.4 Å². The van der Waals surface area contributed by atoms with Crippen LogP contribution in [0.25, 0.3) is 173 Å². The molecule has 127 heavy (non-hydrogen) atoms. The van der Waals surface area contributed by atoms with E-state index < -0.39 is 0 Å². The quantitative estimate of drug-likeness (QED) is 0.0710. The van der Waals surface area contributed by atoms with Crippen LogP contribution in [0.2, 0.25) is 0 Å². The van der Waals surface area contributed by atoms with Gasteiger partial charge in [0.05, 0.1) is 58.6 Å². The average molecular weight is 2100 g/mol. The van der Waals surface area contributed by atoms with E-state index >= 15 is 0 Å². The molecule has 3 aliphatic rings. The minimum Gasteiger partial charge on any atom is -0.357 e. The summed E-state index contributed by atoms with van der Waals surface area (Å²) in [5.41, 5.74) is 29.3. The van der Waals surface area contributed by atoms with Gasteiger partial charge in [0.2, 0.25) is 0 Å². The van der Waals surface area contributed by atoms with Crippen LogP contribution < -0.4 is 14.9 Å². The SMILES string of the molecule is CC(O)CC(C)O.CC1(C)c2ccccc2-c2ccc(N(c3ccc(-c4ccccc4)cc3)c3ccc(-c4ccc5c(c4)c4ccccc4n5-c4ccccc4)cc3)cc21.Cc1ccccc1-c1ncnc(-c2[c-]cccc2)c1C.[B]PCF.[BiH2].[Cu].[Ir].c1ccc2c(c1)-c1nc-2nc2[n-]c(nc3nc(nc4[n-]c(n1)c1ccccc41)-c1ccccc1-3)c1ccccc21. The molecule has 20 heteroatoms. The molecule has 3 atom stereocenters. The van der Waals surface area contributed by atoms with Crippen LogP contribution in [0, 0.1) is 19.9 Å². The summed E-state index contributed by atoms with van der Waals surface area (Å²) in [4.78, 5) is 50.6. The molecule has 2 aliphatic heterocycles. The zero-order valence-corrected chi connectivity index (χ0v) is 79.2. The Balaban J connectivity index is 0.000000147. The van der Waals surface area contributed by atoms with Crippen molar-refractivity contribution in [2.24, 2.45) is 0 Å². The molecule has 14 nitrogen and oxygen atoms in total. The summed E-state index contributed by atoms with van der Waals surface area (Å²) in [6, 6.07) is 122. The summed E-state index contributed by atoms with van der Waals surface area (Å²) in [6.45, 7) is 12.2. The van der Waals surface area contributed by atoms with Gasteiger partial charge >= 0.3 is 26.2 Å². The molecular formula is C107H86BBiCuFIrN12O2P-3. The number of benzene rings is 14. The van der Waals surface area contributed by atoms with E-state index in [2.05, 4.69) is 267 Å². The number of anilines is 3. The van der Waals surface area contributed by atoms with Crippen molar-refractivity contribution in [2.45, 2.75) is 65.6 Å². The second-order valence-electron chi connectivity index (χ2n) is 31.3. The van der Waals surface area contributed by atoms with E-state index in [1.807, 2.05) is 133 Å². The zero-order valence-electron chi connectivity index (χ0n) is 70.4. The molecule has 1 aliphatic carbocycles. The number of fused-ring (bicyclic) bond motifs is 26. The molecule has 0 spiro atoms. The molecule has 5 aromatic heterocycles. The molecule has 19 aromatic rings. The van der Waals surface area contributed by atoms with Gasteiger partial charge in [-0.1, -0.05) is 263 Å². The van der Waals surface area contributed by atoms with Crippen molar-refractivity contribution in [3.63, 3.8) is 0 Å². The summed E-state index contributed by atoms with van der Waals surface area (Å²) in [5.74, 6) is 2.21. The minimum absolute atomic E-state index is 0.